The molecular formula is C18H23N3O2. The van der Waals surface area contributed by atoms with E-state index in [1.54, 1.807) is 11.9 Å². The van der Waals surface area contributed by atoms with E-state index in [4.69, 9.17) is 0 Å². The minimum Gasteiger partial charge on any atom is -0.393 e. The Kier molecular flexibility index (Phi) is 4.48. The van der Waals surface area contributed by atoms with Crippen molar-refractivity contribution in [1.82, 2.24) is 9.88 Å². The summed E-state index contributed by atoms with van der Waals surface area (Å²) in [4.78, 5) is 18.6. The van der Waals surface area contributed by atoms with Crippen molar-refractivity contribution >= 4 is 22.6 Å². The van der Waals surface area contributed by atoms with Gasteiger partial charge in [0.05, 0.1) is 17.3 Å². The van der Waals surface area contributed by atoms with Crippen LogP contribution in [0, 0.1) is 12.8 Å². The molecule has 1 heterocycles. The van der Waals surface area contributed by atoms with Crippen LogP contribution >= 0.6 is 0 Å². The number of aliphatic hydroxyl groups is 1. The van der Waals surface area contributed by atoms with Gasteiger partial charge in [0.1, 0.15) is 0 Å². The van der Waals surface area contributed by atoms with Crippen LogP contribution in [-0.2, 0) is 0 Å². The number of aryl methyl sites for hydroxylation is 1. The zero-order chi connectivity index (χ0) is 16.4. The Morgan fingerprint density at radius 1 is 1.35 bits per heavy atom. The molecule has 1 aromatic heterocycles. The Hall–Kier alpha value is -2.14. The molecule has 2 aromatic rings. The summed E-state index contributed by atoms with van der Waals surface area (Å²) in [7, 11) is 1.77. The summed E-state index contributed by atoms with van der Waals surface area (Å²) in [5.74, 6) is 0.179. The molecule has 0 aliphatic heterocycles. The molecule has 23 heavy (non-hydrogen) atoms. The van der Waals surface area contributed by atoms with Crippen LogP contribution in [0.5, 0.6) is 0 Å². The van der Waals surface area contributed by atoms with E-state index in [9.17, 15) is 9.90 Å². The van der Waals surface area contributed by atoms with Gasteiger partial charge in [-0.2, -0.15) is 0 Å². The van der Waals surface area contributed by atoms with Crippen LogP contribution in [-0.4, -0.2) is 40.7 Å². The highest BCUT2D eigenvalue weighted by molar-refractivity contribution is 5.99. The molecule has 0 bridgehead atoms. The molecule has 1 aliphatic carbocycles. The van der Waals surface area contributed by atoms with Crippen molar-refractivity contribution in [2.45, 2.75) is 32.3 Å². The quantitative estimate of drug-likeness (QED) is 0.914. The highest BCUT2D eigenvalue weighted by Gasteiger charge is 2.27. The summed E-state index contributed by atoms with van der Waals surface area (Å²) in [5, 5.41) is 13.9. The minimum absolute atomic E-state index is 0.167. The van der Waals surface area contributed by atoms with Gasteiger partial charge in [0, 0.05) is 30.6 Å². The third-order valence-corrected chi connectivity index (χ3v) is 4.58. The predicted molar refractivity (Wildman–Crippen MR) is 91.5 cm³/mol. The monoisotopic (exact) mass is 313 g/mol. The van der Waals surface area contributed by atoms with E-state index in [2.05, 4.69) is 10.3 Å². The molecule has 5 nitrogen and oxygen atoms in total. The maximum absolute atomic E-state index is 12.4. The van der Waals surface area contributed by atoms with Crippen molar-refractivity contribution in [1.29, 1.82) is 0 Å². The summed E-state index contributed by atoms with van der Waals surface area (Å²) in [5.41, 5.74) is 2.44. The molecule has 0 radical (unpaired) electrons. The van der Waals surface area contributed by atoms with Crippen molar-refractivity contribution in [3.63, 3.8) is 0 Å². The van der Waals surface area contributed by atoms with Crippen molar-refractivity contribution in [3.8, 4) is 0 Å². The van der Waals surface area contributed by atoms with Gasteiger partial charge in [-0.15, -0.1) is 0 Å². The summed E-state index contributed by atoms with van der Waals surface area (Å²) < 4.78 is 0. The molecule has 5 heteroatoms. The topological polar surface area (TPSA) is 65.5 Å². The third-order valence-electron chi connectivity index (χ3n) is 4.58. The fourth-order valence-electron chi connectivity index (χ4n) is 3.22. The SMILES string of the molecule is Cc1ccc2cccc(NC(=O)N(C)CC3CCCC3O)c2n1. The molecule has 1 fully saturated rings. The van der Waals surface area contributed by atoms with Crippen LogP contribution in [0.1, 0.15) is 25.0 Å². The Labute approximate surface area is 136 Å². The number of pyridine rings is 1. The second kappa shape index (κ2) is 6.54. The Balaban J connectivity index is 1.73. The number of anilines is 1. The molecule has 122 valence electrons. The first kappa shape index (κ1) is 15.7. The number of fused-ring (bicyclic) bond motifs is 1. The predicted octanol–water partition coefficient (Wildman–Crippen LogP) is 3.17. The molecule has 0 saturated heterocycles. The molecule has 2 N–H and O–H groups in total. The van der Waals surface area contributed by atoms with Crippen molar-refractivity contribution in [3.05, 3.63) is 36.0 Å². The maximum atomic E-state index is 12.4. The number of nitrogens with one attached hydrogen (secondary N) is 1. The van der Waals surface area contributed by atoms with Crippen LogP contribution in [0.4, 0.5) is 10.5 Å². The maximum Gasteiger partial charge on any atom is 0.321 e. The van der Waals surface area contributed by atoms with Crippen LogP contribution in [0.15, 0.2) is 30.3 Å². The Morgan fingerprint density at radius 3 is 2.91 bits per heavy atom. The number of aliphatic hydroxyl groups excluding tert-OH is 1. The molecule has 3 rings (SSSR count). The molecule has 2 atom stereocenters. The third kappa shape index (κ3) is 3.45. The van der Waals surface area contributed by atoms with Gasteiger partial charge in [-0.3, -0.25) is 4.98 Å². The lowest BCUT2D eigenvalue weighted by Crippen LogP contribution is -2.37. The van der Waals surface area contributed by atoms with Crippen molar-refractivity contribution < 1.29 is 9.90 Å². The summed E-state index contributed by atoms with van der Waals surface area (Å²) in [6, 6.07) is 9.56. The van der Waals surface area contributed by atoms with Gasteiger partial charge < -0.3 is 15.3 Å². The summed E-state index contributed by atoms with van der Waals surface area (Å²) in [6.07, 6.45) is 2.57. The zero-order valence-corrected chi connectivity index (χ0v) is 13.6. The lowest BCUT2D eigenvalue weighted by atomic mass is 10.1. The standard InChI is InChI=1S/C18H23N3O2/c1-12-9-10-13-5-3-7-15(17(13)19-12)20-18(23)21(2)11-14-6-4-8-16(14)22/h3,5,7,9-10,14,16,22H,4,6,8,11H2,1-2H3,(H,20,23). The lowest BCUT2D eigenvalue weighted by molar-refractivity contribution is 0.116. The van der Waals surface area contributed by atoms with Crippen molar-refractivity contribution in [2.75, 3.05) is 18.9 Å². The number of hydrogen-bond donors (Lipinski definition) is 2. The van der Waals surface area contributed by atoms with Gasteiger partial charge in [0.2, 0.25) is 0 Å². The molecule has 2 amide bonds. The second-order valence-electron chi connectivity index (χ2n) is 6.40. The van der Waals surface area contributed by atoms with E-state index < -0.39 is 0 Å². The minimum atomic E-state index is -0.285. The van der Waals surface area contributed by atoms with E-state index in [-0.39, 0.29) is 18.1 Å². The molecule has 1 aromatic carbocycles. The largest absolute Gasteiger partial charge is 0.393 e. The number of para-hydroxylation sites is 1. The molecule has 1 aliphatic rings. The van der Waals surface area contributed by atoms with E-state index in [1.165, 1.54) is 0 Å². The Morgan fingerprint density at radius 2 is 2.17 bits per heavy atom. The number of rotatable bonds is 3. The van der Waals surface area contributed by atoms with E-state index in [1.807, 2.05) is 37.3 Å². The van der Waals surface area contributed by atoms with Crippen LogP contribution in [0.25, 0.3) is 10.9 Å². The van der Waals surface area contributed by atoms with Crippen molar-refractivity contribution in [2.24, 2.45) is 5.92 Å². The molecular weight excluding hydrogens is 290 g/mol. The fourth-order valence-corrected chi connectivity index (χ4v) is 3.22. The second-order valence-corrected chi connectivity index (χ2v) is 6.40. The van der Waals surface area contributed by atoms with Gasteiger partial charge >= 0.3 is 6.03 Å². The number of amides is 2. The molecule has 2 unspecified atom stereocenters. The lowest BCUT2D eigenvalue weighted by Gasteiger charge is -2.23. The van der Waals surface area contributed by atoms with E-state index >= 15 is 0 Å². The van der Waals surface area contributed by atoms with E-state index in [0.717, 1.165) is 41.5 Å². The van der Waals surface area contributed by atoms with Gasteiger partial charge in [-0.25, -0.2) is 4.79 Å². The van der Waals surface area contributed by atoms with Crippen LogP contribution in [0.3, 0.4) is 0 Å². The van der Waals surface area contributed by atoms with Crippen LogP contribution in [0.2, 0.25) is 0 Å². The fraction of sp³-hybridized carbons (Fsp3) is 0.444. The number of nitrogens with zero attached hydrogens (tertiary/aromatic N) is 2. The summed E-state index contributed by atoms with van der Waals surface area (Å²) in [6.45, 7) is 2.51. The van der Waals surface area contributed by atoms with Crippen LogP contribution < -0.4 is 5.32 Å². The first-order valence-corrected chi connectivity index (χ1v) is 8.11. The van der Waals surface area contributed by atoms with Gasteiger partial charge in [-0.05, 0) is 31.9 Å². The highest BCUT2D eigenvalue weighted by Crippen LogP contribution is 2.26. The van der Waals surface area contributed by atoms with Gasteiger partial charge in [-0.1, -0.05) is 24.6 Å². The number of aromatic nitrogens is 1. The first-order valence-electron chi connectivity index (χ1n) is 8.11. The average molecular weight is 313 g/mol. The smallest absolute Gasteiger partial charge is 0.321 e. The summed E-state index contributed by atoms with van der Waals surface area (Å²) >= 11 is 0. The number of carbonyl (C=O) groups is 1. The number of carbonyl (C=O) groups excluding carboxylic acids is 1. The number of hydrogen-bond acceptors (Lipinski definition) is 3. The number of urea groups is 1. The molecule has 0 spiro atoms. The molecule has 1 saturated carbocycles. The number of benzene rings is 1. The first-order chi connectivity index (χ1) is 11.0. The van der Waals surface area contributed by atoms with E-state index in [0.29, 0.717) is 6.54 Å². The normalized spacial score (nSPS) is 20.7. The highest BCUT2D eigenvalue weighted by atomic mass is 16.3. The van der Waals surface area contributed by atoms with Gasteiger partial charge in [0.15, 0.2) is 0 Å². The van der Waals surface area contributed by atoms with Gasteiger partial charge in [0.25, 0.3) is 0 Å². The zero-order valence-electron chi connectivity index (χ0n) is 13.6. The average Bonchev–Trinajstić information content (AvgIpc) is 2.93. The Bertz CT molecular complexity index is 716.